The Bertz CT molecular complexity index is 387. The first-order valence-electron chi connectivity index (χ1n) is 5.13. The van der Waals surface area contributed by atoms with Gasteiger partial charge in [0, 0.05) is 0 Å². The number of carbonyl (C=O) groups excluding carboxylic acids is 1. The average molecular weight is 244 g/mol. The average Bonchev–Trinajstić information content (AvgIpc) is 2.22. The minimum atomic E-state index is -0.807. The predicted octanol–water partition coefficient (Wildman–Crippen LogP) is 0.720. The largest absolute Gasteiger partial charge is 0.487 e. The zero-order chi connectivity index (χ0) is 12.8. The van der Waals surface area contributed by atoms with Gasteiger partial charge in [-0.3, -0.25) is 4.79 Å². The van der Waals surface area contributed by atoms with Crippen LogP contribution >= 0.6 is 0 Å². The van der Waals surface area contributed by atoms with Crippen molar-refractivity contribution in [3.05, 3.63) is 29.3 Å². The number of hydrogen-bond acceptors (Lipinski definition) is 3. The lowest BCUT2D eigenvalue weighted by molar-refractivity contribution is -0.118. The quantitative estimate of drug-likeness (QED) is 0.774. The van der Waals surface area contributed by atoms with Crippen molar-refractivity contribution in [2.75, 3.05) is 13.2 Å². The van der Waals surface area contributed by atoms with Gasteiger partial charge < -0.3 is 16.2 Å². The van der Waals surface area contributed by atoms with Crippen LogP contribution in [0.5, 0.6) is 5.75 Å². The number of carbonyl (C=O) groups is 1. The predicted molar refractivity (Wildman–Crippen MR) is 58.4 cm³/mol. The maximum Gasteiger partial charge on any atom is 0.220 e. The van der Waals surface area contributed by atoms with Gasteiger partial charge in [-0.15, -0.1) is 0 Å². The summed E-state index contributed by atoms with van der Waals surface area (Å²) in [5.41, 5.74) is 10.6. The molecule has 17 heavy (non-hydrogen) atoms. The number of rotatable bonds is 6. The van der Waals surface area contributed by atoms with Gasteiger partial charge >= 0.3 is 0 Å². The van der Waals surface area contributed by atoms with Gasteiger partial charge in [-0.2, -0.15) is 0 Å². The van der Waals surface area contributed by atoms with E-state index in [2.05, 4.69) is 0 Å². The van der Waals surface area contributed by atoms with Crippen LogP contribution in [-0.2, 0) is 11.2 Å². The molecule has 1 aromatic rings. The van der Waals surface area contributed by atoms with E-state index in [1.54, 1.807) is 0 Å². The van der Waals surface area contributed by atoms with Crippen LogP contribution in [0.3, 0.4) is 0 Å². The molecule has 0 fully saturated rings. The Morgan fingerprint density at radius 2 is 1.88 bits per heavy atom. The van der Waals surface area contributed by atoms with E-state index in [0.717, 1.165) is 12.1 Å². The third kappa shape index (κ3) is 3.99. The van der Waals surface area contributed by atoms with Crippen LogP contribution in [0, 0.1) is 11.6 Å². The van der Waals surface area contributed by atoms with Crippen molar-refractivity contribution in [2.45, 2.75) is 12.8 Å². The molecule has 0 atom stereocenters. The molecule has 6 heteroatoms. The molecule has 0 aliphatic heterocycles. The zero-order valence-corrected chi connectivity index (χ0v) is 9.21. The van der Waals surface area contributed by atoms with Crippen LogP contribution < -0.4 is 16.2 Å². The van der Waals surface area contributed by atoms with E-state index < -0.39 is 23.3 Å². The summed E-state index contributed by atoms with van der Waals surface area (Å²) in [6.07, 6.45) is 0.291. The van der Waals surface area contributed by atoms with Crippen molar-refractivity contribution in [2.24, 2.45) is 11.5 Å². The van der Waals surface area contributed by atoms with Crippen LogP contribution in [0.25, 0.3) is 0 Å². The second-order valence-electron chi connectivity index (χ2n) is 3.49. The van der Waals surface area contributed by atoms with Crippen LogP contribution in [0.1, 0.15) is 12.0 Å². The van der Waals surface area contributed by atoms with Gasteiger partial charge in [0.25, 0.3) is 0 Å². The van der Waals surface area contributed by atoms with Gasteiger partial charge in [0.1, 0.15) is 0 Å². The summed E-state index contributed by atoms with van der Waals surface area (Å²) in [5, 5.41) is 0. The Morgan fingerprint density at radius 1 is 1.29 bits per heavy atom. The molecule has 0 radical (unpaired) electrons. The minimum absolute atomic E-state index is 0.0938. The van der Waals surface area contributed by atoms with Crippen molar-refractivity contribution in [1.82, 2.24) is 0 Å². The Kier molecular flexibility index (Phi) is 4.84. The Labute approximate surface area is 97.5 Å². The third-order valence-electron chi connectivity index (χ3n) is 2.09. The van der Waals surface area contributed by atoms with Crippen molar-refractivity contribution in [3.8, 4) is 5.75 Å². The van der Waals surface area contributed by atoms with Gasteiger partial charge in [0.2, 0.25) is 5.91 Å². The number of nitrogens with two attached hydrogens (primary N) is 2. The molecule has 0 saturated carbocycles. The second-order valence-corrected chi connectivity index (χ2v) is 3.49. The molecule has 0 heterocycles. The lowest BCUT2D eigenvalue weighted by Crippen LogP contribution is -2.15. The summed E-state index contributed by atoms with van der Waals surface area (Å²) in [7, 11) is 0. The molecular formula is C11H14F2N2O2. The van der Waals surface area contributed by atoms with Gasteiger partial charge in [-0.25, -0.2) is 8.78 Å². The first-order chi connectivity index (χ1) is 8.04. The second kappa shape index (κ2) is 6.15. The van der Waals surface area contributed by atoms with Crippen LogP contribution in [-0.4, -0.2) is 19.1 Å². The summed E-state index contributed by atoms with van der Waals surface area (Å²) in [6.45, 7) is 0.153. The molecule has 0 aliphatic carbocycles. The molecule has 1 rings (SSSR count). The summed E-state index contributed by atoms with van der Waals surface area (Å²) in [5.74, 6) is -2.70. The monoisotopic (exact) mass is 244 g/mol. The fourth-order valence-corrected chi connectivity index (χ4v) is 1.31. The molecule has 4 N–H and O–H groups in total. The number of amides is 1. The van der Waals surface area contributed by atoms with Crippen molar-refractivity contribution in [3.63, 3.8) is 0 Å². The minimum Gasteiger partial charge on any atom is -0.487 e. The summed E-state index contributed by atoms with van der Waals surface area (Å²) >= 11 is 0. The Hall–Kier alpha value is -1.69. The maximum atomic E-state index is 13.4. The van der Waals surface area contributed by atoms with Crippen LogP contribution in [0.15, 0.2) is 12.1 Å². The number of hydrogen-bond donors (Lipinski definition) is 2. The van der Waals surface area contributed by atoms with Crippen molar-refractivity contribution >= 4 is 5.91 Å². The molecule has 0 bridgehead atoms. The van der Waals surface area contributed by atoms with E-state index in [9.17, 15) is 13.6 Å². The molecule has 0 unspecified atom stereocenters. The lowest BCUT2D eigenvalue weighted by Gasteiger charge is -2.09. The SMILES string of the molecule is NCCc1cc(F)c(OCCC(N)=O)c(F)c1. The molecule has 1 amide bonds. The van der Waals surface area contributed by atoms with E-state index in [1.165, 1.54) is 0 Å². The number of halogens is 2. The molecule has 1 aromatic carbocycles. The molecule has 0 saturated heterocycles. The third-order valence-corrected chi connectivity index (χ3v) is 2.09. The van der Waals surface area contributed by atoms with E-state index in [-0.39, 0.29) is 13.0 Å². The fraction of sp³-hybridized carbons (Fsp3) is 0.364. The van der Waals surface area contributed by atoms with Gasteiger partial charge in [0.05, 0.1) is 13.0 Å². The van der Waals surface area contributed by atoms with Crippen molar-refractivity contribution < 1.29 is 18.3 Å². The molecule has 0 aromatic heterocycles. The lowest BCUT2D eigenvalue weighted by atomic mass is 10.1. The molecule has 0 spiro atoms. The van der Waals surface area contributed by atoms with Crippen LogP contribution in [0.2, 0.25) is 0 Å². The number of ether oxygens (including phenoxy) is 1. The summed E-state index contributed by atoms with van der Waals surface area (Å²) in [4.78, 5) is 10.4. The molecular weight excluding hydrogens is 230 g/mol. The molecule has 4 nitrogen and oxygen atoms in total. The highest BCUT2D eigenvalue weighted by Gasteiger charge is 2.12. The highest BCUT2D eigenvalue weighted by atomic mass is 19.1. The summed E-state index contributed by atoms with van der Waals surface area (Å²) < 4.78 is 31.7. The normalized spacial score (nSPS) is 10.3. The molecule has 0 aliphatic rings. The van der Waals surface area contributed by atoms with Gasteiger partial charge in [-0.05, 0) is 30.7 Å². The highest BCUT2D eigenvalue weighted by Crippen LogP contribution is 2.23. The fourth-order valence-electron chi connectivity index (χ4n) is 1.31. The molecule has 94 valence electrons. The van der Waals surface area contributed by atoms with Crippen molar-refractivity contribution in [1.29, 1.82) is 0 Å². The first kappa shape index (κ1) is 13.4. The van der Waals surface area contributed by atoms with E-state index >= 15 is 0 Å². The Morgan fingerprint density at radius 3 is 2.35 bits per heavy atom. The maximum absolute atomic E-state index is 13.4. The van der Waals surface area contributed by atoms with Crippen LogP contribution in [0.4, 0.5) is 8.78 Å². The van der Waals surface area contributed by atoms with Gasteiger partial charge in [-0.1, -0.05) is 0 Å². The standard InChI is InChI=1S/C11H14F2N2O2/c12-8-5-7(1-3-14)6-9(13)11(8)17-4-2-10(15)16/h5-6H,1-4,14H2,(H2,15,16). The Balaban J connectivity index is 2.75. The zero-order valence-electron chi connectivity index (χ0n) is 9.21. The summed E-state index contributed by atoms with van der Waals surface area (Å²) in [6, 6.07) is 2.32. The van der Waals surface area contributed by atoms with E-state index in [1.807, 2.05) is 0 Å². The number of benzene rings is 1. The van der Waals surface area contributed by atoms with Gasteiger partial charge in [0.15, 0.2) is 17.4 Å². The number of primary amides is 1. The van der Waals surface area contributed by atoms with E-state index in [0.29, 0.717) is 18.5 Å². The highest BCUT2D eigenvalue weighted by molar-refractivity contribution is 5.73. The smallest absolute Gasteiger partial charge is 0.220 e. The topological polar surface area (TPSA) is 78.3 Å². The van der Waals surface area contributed by atoms with E-state index in [4.69, 9.17) is 16.2 Å². The first-order valence-corrected chi connectivity index (χ1v) is 5.13.